The number of methoxy groups -OCH3 is 2. The van der Waals surface area contributed by atoms with Crippen molar-refractivity contribution in [3.63, 3.8) is 0 Å². The number of carbonyl (C=O) groups is 2. The van der Waals surface area contributed by atoms with Gasteiger partial charge in [-0.25, -0.2) is 4.39 Å². The molecule has 1 N–H and O–H groups in total. The summed E-state index contributed by atoms with van der Waals surface area (Å²) >= 11 is 5.49. The number of benzene rings is 3. The minimum absolute atomic E-state index is 0.190. The zero-order chi connectivity index (χ0) is 25.7. The van der Waals surface area contributed by atoms with Gasteiger partial charge in [0.05, 0.1) is 20.6 Å². The third kappa shape index (κ3) is 5.16. The number of rotatable bonds is 9. The van der Waals surface area contributed by atoms with Crippen molar-refractivity contribution >= 4 is 29.2 Å². The average Bonchev–Trinajstić information content (AvgIpc) is 3.12. The highest BCUT2D eigenvalue weighted by atomic mass is 32.1. The second kappa shape index (κ2) is 10.7. The van der Waals surface area contributed by atoms with Crippen LogP contribution < -0.4 is 19.5 Å². The molecule has 1 amide bonds. The van der Waals surface area contributed by atoms with Gasteiger partial charge < -0.3 is 24.4 Å². The van der Waals surface area contributed by atoms with Crippen LogP contribution in [0.5, 0.6) is 17.2 Å². The van der Waals surface area contributed by atoms with Crippen LogP contribution in [0.2, 0.25) is 0 Å². The summed E-state index contributed by atoms with van der Waals surface area (Å²) in [5, 5.41) is 2.88. The van der Waals surface area contributed by atoms with Crippen molar-refractivity contribution in [2.24, 2.45) is 0 Å². The molecule has 1 unspecified atom stereocenters. The van der Waals surface area contributed by atoms with E-state index >= 15 is 0 Å². The maximum absolute atomic E-state index is 13.8. The van der Waals surface area contributed by atoms with Gasteiger partial charge in [0.1, 0.15) is 23.1 Å². The van der Waals surface area contributed by atoms with Crippen molar-refractivity contribution in [2.75, 3.05) is 20.8 Å². The number of carbonyl (C=O) groups excluding carboxylic acids is 2. The normalized spacial score (nSPS) is 17.0. The molecule has 0 radical (unpaired) electrons. The molecule has 4 rings (SSSR count). The van der Waals surface area contributed by atoms with Crippen molar-refractivity contribution < 1.29 is 28.2 Å². The zero-order valence-corrected chi connectivity index (χ0v) is 20.6. The molecule has 1 aliphatic heterocycles. The SMILES string of the molecule is COc1ccc(CCN2C(=S)NC(=O)C2(CC(=O)Oc2ccc(OC)cc2)c2ccc(F)cc2)cc1. The molecule has 9 heteroatoms. The Kier molecular flexibility index (Phi) is 7.49. The van der Waals surface area contributed by atoms with Gasteiger partial charge in [0, 0.05) is 6.54 Å². The fourth-order valence-electron chi connectivity index (χ4n) is 4.20. The lowest BCUT2D eigenvalue weighted by Gasteiger charge is -2.36. The first-order chi connectivity index (χ1) is 17.3. The summed E-state index contributed by atoms with van der Waals surface area (Å²) in [6, 6.07) is 19.5. The molecule has 36 heavy (non-hydrogen) atoms. The Morgan fingerprint density at radius 3 is 2.06 bits per heavy atom. The van der Waals surface area contributed by atoms with Gasteiger partial charge in [-0.15, -0.1) is 0 Å². The molecule has 1 atom stereocenters. The topological polar surface area (TPSA) is 77.1 Å². The quantitative estimate of drug-likeness (QED) is 0.266. The summed E-state index contributed by atoms with van der Waals surface area (Å²) in [5.41, 5.74) is -0.0738. The maximum atomic E-state index is 13.8. The van der Waals surface area contributed by atoms with Crippen LogP contribution in [0.15, 0.2) is 72.8 Å². The highest BCUT2D eigenvalue weighted by Crippen LogP contribution is 2.38. The number of amides is 1. The Morgan fingerprint density at radius 1 is 0.917 bits per heavy atom. The lowest BCUT2D eigenvalue weighted by atomic mass is 9.84. The monoisotopic (exact) mass is 508 g/mol. The summed E-state index contributed by atoms with van der Waals surface area (Å²) in [7, 11) is 3.13. The van der Waals surface area contributed by atoms with Gasteiger partial charge >= 0.3 is 5.97 Å². The van der Waals surface area contributed by atoms with E-state index in [1.165, 1.54) is 31.4 Å². The molecule has 3 aromatic rings. The molecule has 1 heterocycles. The van der Waals surface area contributed by atoms with E-state index in [9.17, 15) is 14.0 Å². The van der Waals surface area contributed by atoms with Crippen LogP contribution in [-0.2, 0) is 21.5 Å². The molecule has 0 bridgehead atoms. The van der Waals surface area contributed by atoms with E-state index in [-0.39, 0.29) is 11.5 Å². The van der Waals surface area contributed by atoms with Crippen LogP contribution >= 0.6 is 12.2 Å². The van der Waals surface area contributed by atoms with Gasteiger partial charge in [-0.2, -0.15) is 0 Å². The molecule has 1 fully saturated rings. The van der Waals surface area contributed by atoms with Crippen LogP contribution in [0.4, 0.5) is 4.39 Å². The zero-order valence-electron chi connectivity index (χ0n) is 19.8. The molecule has 0 aliphatic carbocycles. The van der Waals surface area contributed by atoms with Crippen LogP contribution in [0, 0.1) is 5.82 Å². The van der Waals surface area contributed by atoms with E-state index in [1.54, 1.807) is 36.3 Å². The second-order valence-corrected chi connectivity index (χ2v) is 8.59. The highest BCUT2D eigenvalue weighted by Gasteiger charge is 2.54. The van der Waals surface area contributed by atoms with Crippen LogP contribution in [0.25, 0.3) is 0 Å². The second-order valence-electron chi connectivity index (χ2n) is 8.20. The minimum atomic E-state index is -1.50. The number of hydrogen-bond acceptors (Lipinski definition) is 6. The van der Waals surface area contributed by atoms with E-state index in [0.29, 0.717) is 30.0 Å². The first-order valence-corrected chi connectivity index (χ1v) is 11.6. The Labute approximate surface area is 213 Å². The largest absolute Gasteiger partial charge is 0.497 e. The highest BCUT2D eigenvalue weighted by molar-refractivity contribution is 7.80. The van der Waals surface area contributed by atoms with Gasteiger partial charge in [0.15, 0.2) is 10.7 Å². The van der Waals surface area contributed by atoms with Gasteiger partial charge in [-0.05, 0) is 78.3 Å². The minimum Gasteiger partial charge on any atom is -0.497 e. The number of nitrogens with one attached hydrogen (secondary N) is 1. The van der Waals surface area contributed by atoms with Gasteiger partial charge in [0.2, 0.25) is 0 Å². The predicted molar refractivity (Wildman–Crippen MR) is 135 cm³/mol. The van der Waals surface area contributed by atoms with Crippen molar-refractivity contribution in [2.45, 2.75) is 18.4 Å². The first kappa shape index (κ1) is 25.1. The molecule has 1 saturated heterocycles. The van der Waals surface area contributed by atoms with Gasteiger partial charge in [0.25, 0.3) is 5.91 Å². The summed E-state index contributed by atoms with van der Waals surface area (Å²) in [6.07, 6.45) is 0.203. The van der Waals surface area contributed by atoms with E-state index < -0.39 is 23.2 Å². The molecule has 7 nitrogen and oxygen atoms in total. The van der Waals surface area contributed by atoms with Gasteiger partial charge in [-0.3, -0.25) is 9.59 Å². The Balaban J connectivity index is 1.64. The fourth-order valence-corrected chi connectivity index (χ4v) is 4.54. The number of esters is 1. The number of nitrogens with zero attached hydrogens (tertiary/aromatic N) is 1. The van der Waals surface area contributed by atoms with Crippen molar-refractivity contribution in [1.82, 2.24) is 10.2 Å². The third-order valence-corrected chi connectivity index (χ3v) is 6.42. The van der Waals surface area contributed by atoms with E-state index in [2.05, 4.69) is 5.32 Å². The van der Waals surface area contributed by atoms with Crippen LogP contribution in [-0.4, -0.2) is 42.7 Å². The Morgan fingerprint density at radius 2 is 1.47 bits per heavy atom. The molecule has 0 aromatic heterocycles. The molecule has 186 valence electrons. The molecular weight excluding hydrogens is 483 g/mol. The van der Waals surface area contributed by atoms with Crippen molar-refractivity contribution in [3.8, 4) is 17.2 Å². The molecule has 3 aromatic carbocycles. The smallest absolute Gasteiger partial charge is 0.314 e. The van der Waals surface area contributed by atoms with E-state index in [0.717, 1.165) is 11.3 Å². The fraction of sp³-hybridized carbons (Fsp3) is 0.222. The summed E-state index contributed by atoms with van der Waals surface area (Å²) in [5.74, 6) is 0.0811. The molecule has 0 spiro atoms. The first-order valence-electron chi connectivity index (χ1n) is 11.2. The van der Waals surface area contributed by atoms with E-state index in [1.807, 2.05) is 24.3 Å². The van der Waals surface area contributed by atoms with Crippen LogP contribution in [0.1, 0.15) is 17.5 Å². The third-order valence-electron chi connectivity index (χ3n) is 6.10. The Hall–Kier alpha value is -3.98. The average molecular weight is 509 g/mol. The molecular formula is C27H25FN2O5S. The number of hydrogen-bond donors (Lipinski definition) is 1. The molecule has 0 saturated carbocycles. The van der Waals surface area contributed by atoms with Crippen molar-refractivity contribution in [3.05, 3.63) is 89.7 Å². The Bertz CT molecular complexity index is 1250. The van der Waals surface area contributed by atoms with Gasteiger partial charge in [-0.1, -0.05) is 24.3 Å². The lowest BCUT2D eigenvalue weighted by Crippen LogP contribution is -2.49. The lowest BCUT2D eigenvalue weighted by molar-refractivity contribution is -0.142. The maximum Gasteiger partial charge on any atom is 0.314 e. The molecule has 1 aliphatic rings. The summed E-state index contributed by atoms with van der Waals surface area (Å²) in [6.45, 7) is 0.330. The summed E-state index contributed by atoms with van der Waals surface area (Å²) < 4.78 is 29.6. The predicted octanol–water partition coefficient (Wildman–Crippen LogP) is 3.99. The van der Waals surface area contributed by atoms with E-state index in [4.69, 9.17) is 26.4 Å². The van der Waals surface area contributed by atoms with Crippen LogP contribution in [0.3, 0.4) is 0 Å². The number of halogens is 1. The standard InChI is InChI=1S/C27H25FN2O5S/c1-33-21-9-3-18(4-10-21)15-16-30-26(36)29-25(32)27(30,19-5-7-20(28)8-6-19)17-24(31)35-23-13-11-22(34-2)12-14-23/h3-14H,15-17H2,1-2H3,(H,29,32,36). The number of thiocarbonyl (C=S) groups is 1. The number of ether oxygens (including phenoxy) is 3. The van der Waals surface area contributed by atoms with Crippen molar-refractivity contribution in [1.29, 1.82) is 0 Å². The summed E-state index contributed by atoms with van der Waals surface area (Å²) in [4.78, 5) is 28.2.